The average molecular weight is 254 g/mol. The Balaban J connectivity index is 2.79. The molecule has 0 aromatic heterocycles. The van der Waals surface area contributed by atoms with Crippen molar-refractivity contribution in [3.05, 3.63) is 34.6 Å². The summed E-state index contributed by atoms with van der Waals surface area (Å²) in [5, 5.41) is 2.94. The molecule has 1 N–H and O–H groups in total. The molecular weight excluding hydrogens is 241 g/mol. The van der Waals surface area contributed by atoms with Crippen LogP contribution in [0.4, 0.5) is 4.39 Å². The topological polar surface area (TPSA) is 29.1 Å². The molecule has 0 spiro atoms. The van der Waals surface area contributed by atoms with Gasteiger partial charge in [-0.05, 0) is 24.6 Å². The van der Waals surface area contributed by atoms with E-state index in [1.807, 2.05) is 6.92 Å². The van der Waals surface area contributed by atoms with E-state index in [9.17, 15) is 9.18 Å². The van der Waals surface area contributed by atoms with E-state index >= 15 is 0 Å². The Bertz CT molecular complexity index is 453. The van der Waals surface area contributed by atoms with Crippen molar-refractivity contribution in [3.63, 3.8) is 0 Å². The Labute approximate surface area is 105 Å². The molecule has 2 nitrogen and oxygen atoms in total. The SMILES string of the molecule is C#CCC(CC)NC(=O)c1ccc(Cl)cc1F. The lowest BCUT2D eigenvalue weighted by molar-refractivity contribution is 0.0932. The van der Waals surface area contributed by atoms with Gasteiger partial charge in [0.25, 0.3) is 5.91 Å². The summed E-state index contributed by atoms with van der Waals surface area (Å²) in [5.74, 6) is 1.36. The third-order valence-electron chi connectivity index (χ3n) is 2.37. The summed E-state index contributed by atoms with van der Waals surface area (Å²) < 4.78 is 13.5. The number of hydrogen-bond donors (Lipinski definition) is 1. The Morgan fingerprint density at radius 1 is 1.65 bits per heavy atom. The highest BCUT2D eigenvalue weighted by Crippen LogP contribution is 2.14. The minimum absolute atomic E-state index is 0.0233. The lowest BCUT2D eigenvalue weighted by Crippen LogP contribution is -2.34. The molecule has 0 radical (unpaired) electrons. The number of rotatable bonds is 4. The van der Waals surface area contributed by atoms with Crippen molar-refractivity contribution in [1.82, 2.24) is 5.32 Å². The van der Waals surface area contributed by atoms with Gasteiger partial charge in [0.1, 0.15) is 5.82 Å². The molecule has 0 heterocycles. The number of nitrogens with one attached hydrogen (secondary N) is 1. The third kappa shape index (κ3) is 3.76. The van der Waals surface area contributed by atoms with Gasteiger partial charge in [-0.1, -0.05) is 18.5 Å². The molecule has 0 saturated carbocycles. The monoisotopic (exact) mass is 253 g/mol. The maximum absolute atomic E-state index is 13.5. The van der Waals surface area contributed by atoms with Crippen LogP contribution < -0.4 is 5.32 Å². The maximum atomic E-state index is 13.5. The molecule has 1 amide bonds. The number of carbonyl (C=O) groups is 1. The van der Waals surface area contributed by atoms with E-state index in [-0.39, 0.29) is 16.6 Å². The van der Waals surface area contributed by atoms with Crippen LogP contribution in [-0.2, 0) is 0 Å². The van der Waals surface area contributed by atoms with Crippen molar-refractivity contribution < 1.29 is 9.18 Å². The molecule has 0 aliphatic heterocycles. The van der Waals surface area contributed by atoms with Crippen molar-refractivity contribution in [2.24, 2.45) is 0 Å². The second-order valence-electron chi connectivity index (χ2n) is 3.61. The standard InChI is InChI=1S/C13H13ClFNO/c1-3-5-10(4-2)16-13(17)11-7-6-9(14)8-12(11)15/h1,6-8,10H,4-5H2,2H3,(H,16,17). The first-order valence-corrected chi connectivity index (χ1v) is 5.65. The molecule has 1 aromatic carbocycles. The van der Waals surface area contributed by atoms with E-state index in [2.05, 4.69) is 11.2 Å². The fraction of sp³-hybridized carbons (Fsp3) is 0.308. The molecule has 0 aliphatic carbocycles. The van der Waals surface area contributed by atoms with Crippen molar-refractivity contribution in [2.45, 2.75) is 25.8 Å². The molecule has 1 atom stereocenters. The first kappa shape index (κ1) is 13.5. The van der Waals surface area contributed by atoms with Gasteiger partial charge in [0.05, 0.1) is 5.56 Å². The van der Waals surface area contributed by atoms with Gasteiger partial charge in [0.15, 0.2) is 0 Å². The van der Waals surface area contributed by atoms with Crippen molar-refractivity contribution in [1.29, 1.82) is 0 Å². The zero-order valence-electron chi connectivity index (χ0n) is 9.47. The number of carbonyl (C=O) groups excluding carboxylic acids is 1. The fourth-order valence-electron chi connectivity index (χ4n) is 1.38. The fourth-order valence-corrected chi connectivity index (χ4v) is 1.54. The summed E-state index contributed by atoms with van der Waals surface area (Å²) in [6.45, 7) is 1.90. The molecule has 4 heteroatoms. The minimum atomic E-state index is -0.634. The van der Waals surface area contributed by atoms with Crippen LogP contribution in [0.5, 0.6) is 0 Å². The Kier molecular flexibility index (Phi) is 4.99. The maximum Gasteiger partial charge on any atom is 0.254 e. The van der Waals surface area contributed by atoms with Gasteiger partial charge in [-0.25, -0.2) is 4.39 Å². The van der Waals surface area contributed by atoms with Crippen LogP contribution in [0, 0.1) is 18.2 Å². The van der Waals surface area contributed by atoms with Crippen LogP contribution in [0.1, 0.15) is 30.1 Å². The van der Waals surface area contributed by atoms with Gasteiger partial charge in [-0.15, -0.1) is 12.3 Å². The molecule has 0 bridgehead atoms. The Morgan fingerprint density at radius 2 is 2.35 bits per heavy atom. The van der Waals surface area contributed by atoms with E-state index in [0.29, 0.717) is 12.8 Å². The van der Waals surface area contributed by atoms with Gasteiger partial charge >= 0.3 is 0 Å². The second-order valence-corrected chi connectivity index (χ2v) is 4.05. The van der Waals surface area contributed by atoms with E-state index < -0.39 is 11.7 Å². The predicted molar refractivity (Wildman–Crippen MR) is 66.4 cm³/mol. The first-order valence-electron chi connectivity index (χ1n) is 5.27. The van der Waals surface area contributed by atoms with E-state index in [1.54, 1.807) is 0 Å². The zero-order chi connectivity index (χ0) is 12.8. The Hall–Kier alpha value is -1.53. The molecule has 1 aromatic rings. The van der Waals surface area contributed by atoms with Crippen molar-refractivity contribution in [2.75, 3.05) is 0 Å². The van der Waals surface area contributed by atoms with Gasteiger partial charge in [0, 0.05) is 17.5 Å². The zero-order valence-corrected chi connectivity index (χ0v) is 10.2. The second kappa shape index (κ2) is 6.27. The number of halogens is 2. The van der Waals surface area contributed by atoms with Gasteiger partial charge < -0.3 is 5.32 Å². The smallest absolute Gasteiger partial charge is 0.254 e. The first-order chi connectivity index (χ1) is 8.08. The summed E-state index contributed by atoms with van der Waals surface area (Å²) in [6.07, 6.45) is 6.30. The molecule has 1 rings (SSSR count). The lowest BCUT2D eigenvalue weighted by atomic mass is 10.1. The number of amides is 1. The highest BCUT2D eigenvalue weighted by molar-refractivity contribution is 6.30. The summed E-state index contributed by atoms with van der Waals surface area (Å²) in [6, 6.07) is 3.80. The third-order valence-corrected chi connectivity index (χ3v) is 2.60. The van der Waals surface area contributed by atoms with Crippen molar-refractivity contribution in [3.8, 4) is 12.3 Å². The van der Waals surface area contributed by atoms with Crippen LogP contribution >= 0.6 is 11.6 Å². The minimum Gasteiger partial charge on any atom is -0.348 e. The number of hydrogen-bond acceptors (Lipinski definition) is 1. The van der Waals surface area contributed by atoms with Crippen LogP contribution in [0.3, 0.4) is 0 Å². The number of terminal acetylenes is 1. The molecule has 17 heavy (non-hydrogen) atoms. The largest absolute Gasteiger partial charge is 0.348 e. The number of benzene rings is 1. The van der Waals surface area contributed by atoms with Crippen LogP contribution in [0.15, 0.2) is 18.2 Å². The summed E-state index contributed by atoms with van der Waals surface area (Å²) in [4.78, 5) is 11.8. The molecule has 90 valence electrons. The average Bonchev–Trinajstić information content (AvgIpc) is 2.28. The summed E-state index contributed by atoms with van der Waals surface area (Å²) >= 11 is 5.61. The van der Waals surface area contributed by atoms with Crippen LogP contribution in [-0.4, -0.2) is 11.9 Å². The van der Waals surface area contributed by atoms with Crippen LogP contribution in [0.2, 0.25) is 5.02 Å². The highest BCUT2D eigenvalue weighted by Gasteiger charge is 2.15. The highest BCUT2D eigenvalue weighted by atomic mass is 35.5. The molecule has 0 aliphatic rings. The molecule has 0 fully saturated rings. The van der Waals surface area contributed by atoms with Gasteiger partial charge in [-0.2, -0.15) is 0 Å². The molecular formula is C13H13ClFNO. The summed E-state index contributed by atoms with van der Waals surface area (Å²) in [7, 11) is 0. The van der Waals surface area contributed by atoms with Gasteiger partial charge in [0.2, 0.25) is 0 Å². The van der Waals surface area contributed by atoms with Crippen LogP contribution in [0.25, 0.3) is 0 Å². The van der Waals surface area contributed by atoms with E-state index in [4.69, 9.17) is 18.0 Å². The Morgan fingerprint density at radius 3 is 2.88 bits per heavy atom. The normalized spacial score (nSPS) is 11.6. The van der Waals surface area contributed by atoms with E-state index in [0.717, 1.165) is 6.07 Å². The van der Waals surface area contributed by atoms with E-state index in [1.165, 1.54) is 12.1 Å². The van der Waals surface area contributed by atoms with Gasteiger partial charge in [-0.3, -0.25) is 4.79 Å². The van der Waals surface area contributed by atoms with Crippen molar-refractivity contribution >= 4 is 17.5 Å². The predicted octanol–water partition coefficient (Wildman–Crippen LogP) is 3.01. The molecule has 0 saturated heterocycles. The quantitative estimate of drug-likeness (QED) is 0.821. The lowest BCUT2D eigenvalue weighted by Gasteiger charge is -2.14. The summed E-state index contributed by atoms with van der Waals surface area (Å²) in [5.41, 5.74) is -0.0233. The molecule has 1 unspecified atom stereocenters.